The Hall–Kier alpha value is -1.43. The Labute approximate surface area is 93.2 Å². The molecule has 0 aliphatic carbocycles. The van der Waals surface area contributed by atoms with Gasteiger partial charge in [-0.25, -0.2) is 0 Å². The zero-order chi connectivity index (χ0) is 10.7. The van der Waals surface area contributed by atoms with E-state index in [2.05, 4.69) is 0 Å². The average molecular weight is 188 g/mol. The molecule has 4 radical (unpaired) electrons. The highest BCUT2D eigenvalue weighted by Crippen LogP contribution is 2.06. The summed E-state index contributed by atoms with van der Waals surface area (Å²) in [5.41, 5.74) is 4.12. The van der Waals surface area contributed by atoms with E-state index in [9.17, 15) is 0 Å². The average Bonchev–Trinajstić information content (AvgIpc) is 2.25. The summed E-state index contributed by atoms with van der Waals surface area (Å²) in [4.78, 5) is 0. The number of rotatable bonds is 2. The van der Waals surface area contributed by atoms with Crippen molar-refractivity contribution in [3.8, 4) is 0 Å². The lowest BCUT2D eigenvalue weighted by Crippen LogP contribution is -2.02. The first-order valence-corrected chi connectivity index (χ1v) is 4.93. The van der Waals surface area contributed by atoms with Gasteiger partial charge in [-0.05, 0) is 17.5 Å². The summed E-state index contributed by atoms with van der Waals surface area (Å²) in [6, 6.07) is 15.9. The molecule has 0 saturated carbocycles. The maximum Gasteiger partial charge on any atom is 0.113 e. The van der Waals surface area contributed by atoms with E-state index < -0.39 is 0 Å². The van der Waals surface area contributed by atoms with E-state index in [0.29, 0.717) is 0 Å². The molecule has 2 heteroatoms. The summed E-state index contributed by atoms with van der Waals surface area (Å²) in [6.07, 6.45) is 0.917. The third-order valence-corrected chi connectivity index (χ3v) is 2.37. The molecule has 2 aromatic carbocycles. The third kappa shape index (κ3) is 2.76. The van der Waals surface area contributed by atoms with Gasteiger partial charge in [-0.1, -0.05) is 59.5 Å². The van der Waals surface area contributed by atoms with Gasteiger partial charge in [0.1, 0.15) is 15.7 Å². The molecule has 0 amide bonds. The van der Waals surface area contributed by atoms with Gasteiger partial charge < -0.3 is 0 Å². The Bertz CT molecular complexity index is 386. The molecule has 2 aromatic rings. The van der Waals surface area contributed by atoms with E-state index in [4.69, 9.17) is 15.7 Å². The highest BCUT2D eigenvalue weighted by atomic mass is 14.0. The van der Waals surface area contributed by atoms with Crippen LogP contribution in [0.2, 0.25) is 0 Å². The van der Waals surface area contributed by atoms with Crippen LogP contribution in [0.1, 0.15) is 11.1 Å². The number of benzene rings is 2. The second-order valence-corrected chi connectivity index (χ2v) is 3.66. The summed E-state index contributed by atoms with van der Waals surface area (Å²) in [5.74, 6) is 0. The van der Waals surface area contributed by atoms with Crippen molar-refractivity contribution in [3.63, 3.8) is 0 Å². The van der Waals surface area contributed by atoms with Crippen LogP contribution in [0.3, 0.4) is 0 Å². The molecule has 0 nitrogen and oxygen atoms in total. The summed E-state index contributed by atoms with van der Waals surface area (Å²) in [7, 11) is 11.2. The van der Waals surface area contributed by atoms with Crippen LogP contribution >= 0.6 is 0 Å². The molecule has 0 saturated heterocycles. The van der Waals surface area contributed by atoms with Crippen LogP contribution in [0, 0.1) is 0 Å². The molecule has 0 spiro atoms. The maximum atomic E-state index is 5.62. The van der Waals surface area contributed by atoms with Gasteiger partial charge in [0.05, 0.1) is 0 Å². The largest absolute Gasteiger partial charge is 0.113 e. The molecule has 0 unspecified atom stereocenters. The van der Waals surface area contributed by atoms with E-state index in [1.165, 1.54) is 11.1 Å². The Balaban J connectivity index is 2.15. The molecular formula is C13H10B2. The lowest BCUT2D eigenvalue weighted by molar-refractivity contribution is 1.20. The highest BCUT2D eigenvalue weighted by Gasteiger charge is 1.95. The minimum atomic E-state index is 0.802. The molecule has 2 rings (SSSR count). The van der Waals surface area contributed by atoms with Crippen LogP contribution in [-0.4, -0.2) is 15.7 Å². The van der Waals surface area contributed by atoms with Gasteiger partial charge in [0.2, 0.25) is 0 Å². The number of hydrogen-bond donors (Lipinski definition) is 0. The molecule has 0 fully saturated rings. The molecule has 0 atom stereocenters. The first-order valence-electron chi connectivity index (χ1n) is 4.93. The summed E-state index contributed by atoms with van der Waals surface area (Å²) < 4.78 is 0. The van der Waals surface area contributed by atoms with Gasteiger partial charge in [-0.15, -0.1) is 0 Å². The molecule has 0 heterocycles. The van der Waals surface area contributed by atoms with E-state index in [1.807, 2.05) is 48.5 Å². The van der Waals surface area contributed by atoms with Gasteiger partial charge in [0, 0.05) is 0 Å². The van der Waals surface area contributed by atoms with Gasteiger partial charge in [0.15, 0.2) is 0 Å². The molecule has 0 aromatic heterocycles. The fourth-order valence-corrected chi connectivity index (χ4v) is 1.51. The molecular weight excluding hydrogens is 178 g/mol. The highest BCUT2D eigenvalue weighted by molar-refractivity contribution is 6.32. The predicted molar refractivity (Wildman–Crippen MR) is 66.5 cm³/mol. The molecule has 0 bridgehead atoms. The molecule has 68 valence electrons. The third-order valence-electron chi connectivity index (χ3n) is 2.37. The topological polar surface area (TPSA) is 0 Å². The smallest absolute Gasteiger partial charge is 0.0967 e. The lowest BCUT2D eigenvalue weighted by Gasteiger charge is -2.03. The van der Waals surface area contributed by atoms with Crippen molar-refractivity contribution in [2.45, 2.75) is 6.42 Å². The Kier molecular flexibility index (Phi) is 2.96. The van der Waals surface area contributed by atoms with Crippen LogP contribution in [0.15, 0.2) is 48.5 Å². The summed E-state index contributed by atoms with van der Waals surface area (Å²) in [6.45, 7) is 0. The molecule has 0 aliphatic rings. The predicted octanol–water partition coefficient (Wildman–Crippen LogP) is 0.865. The quantitative estimate of drug-likeness (QED) is 0.613. The minimum absolute atomic E-state index is 0.802. The maximum absolute atomic E-state index is 5.62. The van der Waals surface area contributed by atoms with Crippen LogP contribution in [0.5, 0.6) is 0 Å². The normalized spacial score (nSPS) is 10.1. The standard InChI is InChI=1S/C13H10B2/c14-12-5-1-10(2-6-12)9-11-3-7-13(15)8-4-11/h1-8H,9H2. The fourth-order valence-electron chi connectivity index (χ4n) is 1.51. The van der Waals surface area contributed by atoms with E-state index in [1.54, 1.807) is 0 Å². The van der Waals surface area contributed by atoms with Crippen LogP contribution in [0.4, 0.5) is 0 Å². The van der Waals surface area contributed by atoms with E-state index >= 15 is 0 Å². The van der Waals surface area contributed by atoms with Gasteiger partial charge in [0.25, 0.3) is 0 Å². The van der Waals surface area contributed by atoms with Crippen molar-refractivity contribution in [2.75, 3.05) is 0 Å². The van der Waals surface area contributed by atoms with Crippen molar-refractivity contribution in [1.29, 1.82) is 0 Å². The first-order chi connectivity index (χ1) is 7.24. The lowest BCUT2D eigenvalue weighted by atomic mass is 9.92. The van der Waals surface area contributed by atoms with Crippen molar-refractivity contribution < 1.29 is 0 Å². The fraction of sp³-hybridized carbons (Fsp3) is 0.0769. The van der Waals surface area contributed by atoms with Gasteiger partial charge >= 0.3 is 0 Å². The van der Waals surface area contributed by atoms with Crippen molar-refractivity contribution in [3.05, 3.63) is 59.7 Å². The Morgan fingerprint density at radius 3 is 1.27 bits per heavy atom. The summed E-state index contributed by atoms with van der Waals surface area (Å²) >= 11 is 0. The molecule has 0 aliphatic heterocycles. The van der Waals surface area contributed by atoms with E-state index in [0.717, 1.165) is 17.3 Å². The van der Waals surface area contributed by atoms with E-state index in [-0.39, 0.29) is 0 Å². The van der Waals surface area contributed by atoms with Crippen molar-refractivity contribution >= 4 is 26.6 Å². The van der Waals surface area contributed by atoms with Crippen molar-refractivity contribution in [1.82, 2.24) is 0 Å². The first kappa shape index (κ1) is 10.1. The Morgan fingerprint density at radius 1 is 0.600 bits per heavy atom. The van der Waals surface area contributed by atoms with Crippen LogP contribution in [-0.2, 0) is 6.42 Å². The van der Waals surface area contributed by atoms with Crippen LogP contribution < -0.4 is 10.9 Å². The van der Waals surface area contributed by atoms with Gasteiger partial charge in [-0.3, -0.25) is 0 Å². The number of hydrogen-bond acceptors (Lipinski definition) is 0. The van der Waals surface area contributed by atoms with Gasteiger partial charge in [-0.2, -0.15) is 0 Å². The molecule has 15 heavy (non-hydrogen) atoms. The zero-order valence-corrected chi connectivity index (χ0v) is 8.48. The Morgan fingerprint density at radius 2 is 0.933 bits per heavy atom. The van der Waals surface area contributed by atoms with Crippen LogP contribution in [0.25, 0.3) is 0 Å². The SMILES string of the molecule is [B]c1ccc(Cc2ccc([B])cc2)cc1. The monoisotopic (exact) mass is 188 g/mol. The minimum Gasteiger partial charge on any atom is -0.0967 e. The molecule has 0 N–H and O–H groups in total. The van der Waals surface area contributed by atoms with Crippen molar-refractivity contribution in [2.24, 2.45) is 0 Å². The second-order valence-electron chi connectivity index (χ2n) is 3.66. The second kappa shape index (κ2) is 4.39. The summed E-state index contributed by atoms with van der Waals surface area (Å²) in [5, 5.41) is 0. The zero-order valence-electron chi connectivity index (χ0n) is 8.48.